The highest BCUT2D eigenvalue weighted by molar-refractivity contribution is 5.89. The van der Waals surface area contributed by atoms with E-state index in [1.54, 1.807) is 0 Å². The van der Waals surface area contributed by atoms with E-state index in [2.05, 4.69) is 13.2 Å². The van der Waals surface area contributed by atoms with Gasteiger partial charge >= 0.3 is 17.8 Å². The first-order valence-corrected chi connectivity index (χ1v) is 4.48. The van der Waals surface area contributed by atoms with E-state index in [0.29, 0.717) is 0 Å². The van der Waals surface area contributed by atoms with E-state index in [4.69, 9.17) is 20.9 Å². The second kappa shape index (κ2) is 5.43. The number of carbonyl (C=O) groups excluding carboxylic acids is 2. The van der Waals surface area contributed by atoms with Gasteiger partial charge in [-0.05, 0) is 13.8 Å². The molecule has 0 aromatic heterocycles. The summed E-state index contributed by atoms with van der Waals surface area (Å²) in [5.74, 6) is -3.57. The fourth-order valence-electron chi connectivity index (χ4n) is 0.592. The number of hydrogen-bond donors (Lipinski definition) is 2. The first-order valence-electron chi connectivity index (χ1n) is 4.48. The van der Waals surface area contributed by atoms with Crippen LogP contribution in [-0.2, 0) is 19.1 Å². The van der Waals surface area contributed by atoms with Crippen LogP contribution in [0, 0.1) is 0 Å². The van der Waals surface area contributed by atoms with Gasteiger partial charge in [0.15, 0.2) is 0 Å². The summed E-state index contributed by atoms with van der Waals surface area (Å²) in [5, 5.41) is 0. The van der Waals surface area contributed by atoms with Crippen molar-refractivity contribution in [2.75, 3.05) is 6.54 Å². The van der Waals surface area contributed by atoms with E-state index in [-0.39, 0.29) is 17.7 Å². The van der Waals surface area contributed by atoms with Gasteiger partial charge in [0.1, 0.15) is 0 Å². The lowest BCUT2D eigenvalue weighted by atomic mass is 10.3. The molecule has 0 amide bonds. The third-order valence-electron chi connectivity index (χ3n) is 1.51. The zero-order chi connectivity index (χ0) is 12.9. The Morgan fingerprint density at radius 2 is 1.44 bits per heavy atom. The Hall–Kier alpha value is -1.66. The summed E-state index contributed by atoms with van der Waals surface area (Å²) in [6.07, 6.45) is 0. The summed E-state index contributed by atoms with van der Waals surface area (Å²) < 4.78 is 9.40. The van der Waals surface area contributed by atoms with Crippen LogP contribution in [0.3, 0.4) is 0 Å². The van der Waals surface area contributed by atoms with E-state index in [1.165, 1.54) is 13.8 Å². The summed E-state index contributed by atoms with van der Waals surface area (Å²) in [7, 11) is 0. The molecule has 0 saturated heterocycles. The molecule has 0 atom stereocenters. The van der Waals surface area contributed by atoms with Crippen molar-refractivity contribution in [3.8, 4) is 0 Å². The van der Waals surface area contributed by atoms with E-state index < -0.39 is 17.8 Å². The van der Waals surface area contributed by atoms with E-state index >= 15 is 0 Å². The normalized spacial score (nSPS) is 10.5. The Labute approximate surface area is 93.9 Å². The Kier molecular flexibility index (Phi) is 4.87. The lowest BCUT2D eigenvalue weighted by Crippen LogP contribution is -2.54. The van der Waals surface area contributed by atoms with Crippen molar-refractivity contribution < 1.29 is 19.1 Å². The summed E-state index contributed by atoms with van der Waals surface area (Å²) in [6, 6.07) is 0. The van der Waals surface area contributed by atoms with Crippen molar-refractivity contribution in [1.82, 2.24) is 0 Å². The maximum atomic E-state index is 11.2. The van der Waals surface area contributed by atoms with Crippen LogP contribution < -0.4 is 11.5 Å². The topological polar surface area (TPSA) is 105 Å². The fourth-order valence-corrected chi connectivity index (χ4v) is 0.592. The maximum absolute atomic E-state index is 11.2. The van der Waals surface area contributed by atoms with Crippen LogP contribution >= 0.6 is 0 Å². The standard InChI is InChI=1S/C10H16N2O4/c1-6(2)8(13)15-10(12,5-11)16-9(14)7(3)4/h1,3,5,11-12H2,2,4H3. The molecule has 0 heterocycles. The zero-order valence-electron chi connectivity index (χ0n) is 9.41. The monoisotopic (exact) mass is 228 g/mol. The SMILES string of the molecule is C=C(C)C(=O)OC(N)(CN)OC(=O)C(=C)C. The Morgan fingerprint density at radius 3 is 1.62 bits per heavy atom. The molecule has 16 heavy (non-hydrogen) atoms. The van der Waals surface area contributed by atoms with Crippen LogP contribution in [0.1, 0.15) is 13.8 Å². The number of ether oxygens (including phenoxy) is 2. The van der Waals surface area contributed by atoms with Crippen LogP contribution in [0.2, 0.25) is 0 Å². The van der Waals surface area contributed by atoms with Crippen molar-refractivity contribution in [3.05, 3.63) is 24.3 Å². The van der Waals surface area contributed by atoms with Crippen LogP contribution in [0.25, 0.3) is 0 Å². The predicted octanol–water partition coefficient (Wildman–Crippen LogP) is -0.204. The maximum Gasteiger partial charge on any atom is 0.337 e. The summed E-state index contributed by atoms with van der Waals surface area (Å²) in [6.45, 7) is 9.21. The molecule has 90 valence electrons. The van der Waals surface area contributed by atoms with Gasteiger partial charge in [-0.3, -0.25) is 5.73 Å². The van der Waals surface area contributed by atoms with E-state index in [0.717, 1.165) is 0 Å². The molecule has 0 aliphatic carbocycles. The van der Waals surface area contributed by atoms with Crippen molar-refractivity contribution in [2.45, 2.75) is 19.8 Å². The van der Waals surface area contributed by atoms with E-state index in [9.17, 15) is 9.59 Å². The molecule has 0 aliphatic heterocycles. The smallest absolute Gasteiger partial charge is 0.337 e. The second-order valence-corrected chi connectivity index (χ2v) is 3.36. The average molecular weight is 228 g/mol. The number of esters is 2. The summed E-state index contributed by atoms with van der Waals surface area (Å²) >= 11 is 0. The molecule has 6 heteroatoms. The quantitative estimate of drug-likeness (QED) is 0.383. The third kappa shape index (κ3) is 4.24. The summed E-state index contributed by atoms with van der Waals surface area (Å²) in [5.41, 5.74) is 11.0. The Morgan fingerprint density at radius 1 is 1.12 bits per heavy atom. The van der Waals surface area contributed by atoms with Crippen molar-refractivity contribution in [2.24, 2.45) is 11.5 Å². The van der Waals surface area contributed by atoms with Gasteiger partial charge < -0.3 is 15.2 Å². The largest absolute Gasteiger partial charge is 0.404 e. The minimum absolute atomic E-state index is 0.120. The average Bonchev–Trinajstić information content (AvgIpc) is 2.17. The fraction of sp³-hybridized carbons (Fsp3) is 0.400. The molecule has 0 fully saturated rings. The van der Waals surface area contributed by atoms with Gasteiger partial charge in [-0.1, -0.05) is 13.2 Å². The van der Waals surface area contributed by atoms with Crippen LogP contribution in [-0.4, -0.2) is 24.4 Å². The van der Waals surface area contributed by atoms with E-state index in [1.807, 2.05) is 0 Å². The number of hydrogen-bond acceptors (Lipinski definition) is 6. The zero-order valence-corrected chi connectivity index (χ0v) is 9.41. The molecule has 0 aromatic carbocycles. The molecular weight excluding hydrogens is 212 g/mol. The lowest BCUT2D eigenvalue weighted by Gasteiger charge is -2.27. The third-order valence-corrected chi connectivity index (χ3v) is 1.51. The van der Waals surface area contributed by atoms with Crippen molar-refractivity contribution in [3.63, 3.8) is 0 Å². The molecule has 4 N–H and O–H groups in total. The van der Waals surface area contributed by atoms with Gasteiger partial charge in [-0.2, -0.15) is 0 Å². The summed E-state index contributed by atoms with van der Waals surface area (Å²) in [4.78, 5) is 22.4. The van der Waals surface area contributed by atoms with Gasteiger partial charge in [-0.25, -0.2) is 9.59 Å². The van der Waals surface area contributed by atoms with Crippen LogP contribution in [0.5, 0.6) is 0 Å². The lowest BCUT2D eigenvalue weighted by molar-refractivity contribution is -0.218. The van der Waals surface area contributed by atoms with Crippen molar-refractivity contribution in [1.29, 1.82) is 0 Å². The highest BCUT2D eigenvalue weighted by atomic mass is 16.7. The van der Waals surface area contributed by atoms with Gasteiger partial charge in [0.05, 0.1) is 6.54 Å². The van der Waals surface area contributed by atoms with Gasteiger partial charge in [0.2, 0.25) is 0 Å². The van der Waals surface area contributed by atoms with Gasteiger partial charge in [0.25, 0.3) is 0 Å². The second-order valence-electron chi connectivity index (χ2n) is 3.36. The minimum Gasteiger partial charge on any atom is -0.404 e. The molecule has 0 spiro atoms. The molecule has 6 nitrogen and oxygen atoms in total. The highest BCUT2D eigenvalue weighted by Crippen LogP contribution is 2.09. The molecule has 0 radical (unpaired) electrons. The first kappa shape index (κ1) is 14.3. The Balaban J connectivity index is 4.66. The van der Waals surface area contributed by atoms with Crippen molar-refractivity contribution >= 4 is 11.9 Å². The molecule has 0 saturated carbocycles. The Bertz CT molecular complexity index is 308. The van der Waals surface area contributed by atoms with Gasteiger partial charge in [-0.15, -0.1) is 0 Å². The number of nitrogens with two attached hydrogens (primary N) is 2. The predicted molar refractivity (Wildman–Crippen MR) is 57.8 cm³/mol. The number of rotatable bonds is 5. The molecule has 0 unspecified atom stereocenters. The highest BCUT2D eigenvalue weighted by Gasteiger charge is 2.33. The molecule has 0 rings (SSSR count). The number of carbonyl (C=O) groups is 2. The molecular formula is C10H16N2O4. The first-order chi connectivity index (χ1) is 7.22. The molecule has 0 aliphatic rings. The molecule has 0 bridgehead atoms. The van der Waals surface area contributed by atoms with Crippen LogP contribution in [0.4, 0.5) is 0 Å². The van der Waals surface area contributed by atoms with Gasteiger partial charge in [0, 0.05) is 11.1 Å². The molecule has 0 aromatic rings. The minimum atomic E-state index is -1.99. The van der Waals surface area contributed by atoms with Crippen LogP contribution in [0.15, 0.2) is 24.3 Å².